The van der Waals surface area contributed by atoms with Crippen LogP contribution in [0, 0.1) is 5.41 Å². The third kappa shape index (κ3) is 6.48. The third-order valence-corrected chi connectivity index (χ3v) is 3.23. The Balaban J connectivity index is 2.16. The molecule has 0 radical (unpaired) electrons. The molecule has 0 amide bonds. The minimum Gasteiger partial charge on any atom is -0.492 e. The molecule has 0 aliphatic rings. The Kier molecular flexibility index (Phi) is 6.27. The first-order valence-electron chi connectivity index (χ1n) is 6.17. The van der Waals surface area contributed by atoms with Gasteiger partial charge in [-0.2, -0.15) is 0 Å². The van der Waals surface area contributed by atoms with E-state index in [-0.39, 0.29) is 0 Å². The molecule has 4 heteroatoms. The van der Waals surface area contributed by atoms with Crippen LogP contribution in [0.4, 0.5) is 0 Å². The van der Waals surface area contributed by atoms with Crippen molar-refractivity contribution >= 4 is 23.2 Å². The molecule has 0 aliphatic carbocycles. The summed E-state index contributed by atoms with van der Waals surface area (Å²) in [6.07, 6.45) is 1.15. The molecular formula is C14H21Cl2NO. The Bertz CT molecular complexity index is 375. The number of ether oxygens (including phenoxy) is 1. The van der Waals surface area contributed by atoms with Gasteiger partial charge in [0.25, 0.3) is 0 Å². The van der Waals surface area contributed by atoms with Crippen molar-refractivity contribution in [3.8, 4) is 5.75 Å². The first-order chi connectivity index (χ1) is 8.38. The Morgan fingerprint density at radius 2 is 1.83 bits per heavy atom. The maximum absolute atomic E-state index is 5.90. The van der Waals surface area contributed by atoms with E-state index in [1.165, 1.54) is 0 Å². The van der Waals surface area contributed by atoms with Gasteiger partial charge in [-0.15, -0.1) is 0 Å². The molecule has 0 fully saturated rings. The van der Waals surface area contributed by atoms with Crippen LogP contribution in [0.1, 0.15) is 27.2 Å². The number of benzene rings is 1. The topological polar surface area (TPSA) is 21.3 Å². The minimum absolute atomic E-state index is 0.373. The summed E-state index contributed by atoms with van der Waals surface area (Å²) in [4.78, 5) is 0. The largest absolute Gasteiger partial charge is 0.492 e. The smallest absolute Gasteiger partial charge is 0.120 e. The lowest BCUT2D eigenvalue weighted by Gasteiger charge is -2.18. The highest BCUT2D eigenvalue weighted by Gasteiger charge is 2.08. The molecule has 0 heterocycles. The van der Waals surface area contributed by atoms with Crippen LogP contribution >= 0.6 is 23.2 Å². The molecular weight excluding hydrogens is 269 g/mol. The second-order valence-corrected chi connectivity index (χ2v) is 6.30. The van der Waals surface area contributed by atoms with Crippen LogP contribution in [-0.4, -0.2) is 19.7 Å². The number of nitrogens with one attached hydrogen (secondary N) is 1. The van der Waals surface area contributed by atoms with Crippen LogP contribution in [0.3, 0.4) is 0 Å². The molecule has 0 saturated heterocycles. The Labute approximate surface area is 120 Å². The van der Waals surface area contributed by atoms with Crippen LogP contribution in [0.2, 0.25) is 10.0 Å². The average Bonchev–Trinajstić information content (AvgIpc) is 2.26. The number of rotatable bonds is 6. The van der Waals surface area contributed by atoms with Gasteiger partial charge in [0.05, 0.1) is 10.0 Å². The number of hydrogen-bond acceptors (Lipinski definition) is 2. The zero-order valence-corrected chi connectivity index (χ0v) is 12.7. The van der Waals surface area contributed by atoms with Crippen LogP contribution in [0.5, 0.6) is 5.75 Å². The van der Waals surface area contributed by atoms with Crippen LogP contribution in [0.25, 0.3) is 0 Å². The molecule has 1 rings (SSSR count). The molecule has 0 spiro atoms. The van der Waals surface area contributed by atoms with Gasteiger partial charge in [0, 0.05) is 12.6 Å². The predicted octanol–water partition coefficient (Wildman–Crippen LogP) is 4.40. The molecule has 2 nitrogen and oxygen atoms in total. The molecule has 1 aromatic rings. The normalized spacial score (nSPS) is 11.6. The summed E-state index contributed by atoms with van der Waals surface area (Å²) in [6.45, 7) is 9.18. The summed E-state index contributed by atoms with van der Waals surface area (Å²) in [5.41, 5.74) is 0.373. The highest BCUT2D eigenvalue weighted by molar-refractivity contribution is 6.42. The number of hydrogen-bond donors (Lipinski definition) is 1. The second-order valence-electron chi connectivity index (χ2n) is 5.49. The van der Waals surface area contributed by atoms with E-state index in [2.05, 4.69) is 26.1 Å². The molecule has 0 bridgehead atoms. The van der Waals surface area contributed by atoms with Crippen LogP contribution in [-0.2, 0) is 0 Å². The van der Waals surface area contributed by atoms with Crippen molar-refractivity contribution in [2.75, 3.05) is 19.7 Å². The quantitative estimate of drug-likeness (QED) is 0.784. The van der Waals surface area contributed by atoms with Crippen molar-refractivity contribution in [3.05, 3.63) is 28.2 Å². The predicted molar refractivity (Wildman–Crippen MR) is 78.9 cm³/mol. The maximum atomic E-state index is 5.90. The zero-order valence-electron chi connectivity index (χ0n) is 11.2. The summed E-state index contributed by atoms with van der Waals surface area (Å²) >= 11 is 11.7. The van der Waals surface area contributed by atoms with Gasteiger partial charge < -0.3 is 10.1 Å². The van der Waals surface area contributed by atoms with Crippen molar-refractivity contribution in [2.45, 2.75) is 27.2 Å². The Morgan fingerprint density at radius 3 is 2.44 bits per heavy atom. The molecule has 1 N–H and O–H groups in total. The van der Waals surface area contributed by atoms with Gasteiger partial charge in [-0.25, -0.2) is 0 Å². The monoisotopic (exact) mass is 289 g/mol. The van der Waals surface area contributed by atoms with E-state index >= 15 is 0 Å². The molecule has 0 aliphatic heterocycles. The van der Waals surface area contributed by atoms with E-state index < -0.39 is 0 Å². The molecule has 1 aromatic carbocycles. The average molecular weight is 290 g/mol. The fourth-order valence-corrected chi connectivity index (χ4v) is 1.68. The van der Waals surface area contributed by atoms with Gasteiger partial charge in [-0.1, -0.05) is 44.0 Å². The van der Waals surface area contributed by atoms with Gasteiger partial charge in [-0.05, 0) is 30.5 Å². The molecule has 0 atom stereocenters. The summed E-state index contributed by atoms with van der Waals surface area (Å²) in [5.74, 6) is 0.752. The van der Waals surface area contributed by atoms with Crippen molar-refractivity contribution in [2.24, 2.45) is 5.41 Å². The molecule has 0 aromatic heterocycles. The highest BCUT2D eigenvalue weighted by Crippen LogP contribution is 2.26. The van der Waals surface area contributed by atoms with E-state index in [1.807, 2.05) is 6.07 Å². The van der Waals surface area contributed by atoms with Gasteiger partial charge in [0.15, 0.2) is 0 Å². The van der Waals surface area contributed by atoms with Gasteiger partial charge in [0.2, 0.25) is 0 Å². The summed E-state index contributed by atoms with van der Waals surface area (Å²) < 4.78 is 5.57. The van der Waals surface area contributed by atoms with Crippen molar-refractivity contribution in [3.63, 3.8) is 0 Å². The van der Waals surface area contributed by atoms with Crippen molar-refractivity contribution in [1.82, 2.24) is 5.32 Å². The van der Waals surface area contributed by atoms with E-state index in [9.17, 15) is 0 Å². The van der Waals surface area contributed by atoms with Gasteiger partial charge in [-0.3, -0.25) is 0 Å². The second kappa shape index (κ2) is 7.22. The molecule has 18 heavy (non-hydrogen) atoms. The van der Waals surface area contributed by atoms with E-state index in [4.69, 9.17) is 27.9 Å². The molecule has 0 unspecified atom stereocenters. The van der Waals surface area contributed by atoms with E-state index in [1.54, 1.807) is 12.1 Å². The van der Waals surface area contributed by atoms with Crippen LogP contribution < -0.4 is 10.1 Å². The van der Waals surface area contributed by atoms with E-state index in [0.29, 0.717) is 22.1 Å². The van der Waals surface area contributed by atoms with Crippen molar-refractivity contribution in [1.29, 1.82) is 0 Å². The highest BCUT2D eigenvalue weighted by atomic mass is 35.5. The lowest BCUT2D eigenvalue weighted by Crippen LogP contribution is -2.25. The molecule has 0 saturated carbocycles. The minimum atomic E-state index is 0.373. The fourth-order valence-electron chi connectivity index (χ4n) is 1.40. The number of halogens is 2. The Morgan fingerprint density at radius 1 is 1.11 bits per heavy atom. The lowest BCUT2D eigenvalue weighted by molar-refractivity contribution is 0.304. The van der Waals surface area contributed by atoms with Gasteiger partial charge in [0.1, 0.15) is 12.4 Å². The first kappa shape index (κ1) is 15.6. The van der Waals surface area contributed by atoms with Gasteiger partial charge >= 0.3 is 0 Å². The summed E-state index contributed by atoms with van der Waals surface area (Å²) in [7, 11) is 0. The standard InChI is InChI=1S/C14H21Cl2NO/c1-14(2,3)6-7-17-8-9-18-11-4-5-12(15)13(16)10-11/h4-5,10,17H,6-9H2,1-3H3. The van der Waals surface area contributed by atoms with E-state index in [0.717, 1.165) is 25.3 Å². The third-order valence-electron chi connectivity index (χ3n) is 2.49. The molecule has 102 valence electrons. The summed E-state index contributed by atoms with van der Waals surface area (Å²) in [6, 6.07) is 5.30. The SMILES string of the molecule is CC(C)(C)CCNCCOc1ccc(Cl)c(Cl)c1. The van der Waals surface area contributed by atoms with Crippen molar-refractivity contribution < 1.29 is 4.74 Å². The summed E-state index contributed by atoms with van der Waals surface area (Å²) in [5, 5.41) is 4.43. The zero-order chi connectivity index (χ0) is 13.6. The Hall–Kier alpha value is -0.440. The lowest BCUT2D eigenvalue weighted by atomic mass is 9.92. The van der Waals surface area contributed by atoms with Crippen LogP contribution in [0.15, 0.2) is 18.2 Å². The fraction of sp³-hybridized carbons (Fsp3) is 0.571. The maximum Gasteiger partial charge on any atom is 0.120 e. The first-order valence-corrected chi connectivity index (χ1v) is 6.93.